The number of aryl methyl sites for hydroxylation is 1. The zero-order valence-corrected chi connectivity index (χ0v) is 19.3. The third kappa shape index (κ3) is 5.55. The SMILES string of the molecule is C=CCOc1c(Br)cc(C=C2SC(=Nc3ccc(CC)cc3)NC2=O)cc1OCC. The number of benzene rings is 2. The van der Waals surface area contributed by atoms with E-state index in [1.807, 2.05) is 49.4 Å². The van der Waals surface area contributed by atoms with Gasteiger partial charge in [0.15, 0.2) is 16.7 Å². The molecule has 0 aliphatic carbocycles. The molecule has 3 rings (SSSR count). The van der Waals surface area contributed by atoms with E-state index in [4.69, 9.17) is 9.47 Å². The van der Waals surface area contributed by atoms with Crippen LogP contribution in [0.2, 0.25) is 0 Å². The van der Waals surface area contributed by atoms with E-state index >= 15 is 0 Å². The van der Waals surface area contributed by atoms with Crippen molar-refractivity contribution in [3.8, 4) is 11.5 Å². The van der Waals surface area contributed by atoms with Crippen LogP contribution < -0.4 is 14.8 Å². The normalized spacial score (nSPS) is 16.0. The maximum absolute atomic E-state index is 12.4. The van der Waals surface area contributed by atoms with Crippen molar-refractivity contribution in [2.75, 3.05) is 13.2 Å². The first kappa shape index (κ1) is 22.2. The smallest absolute Gasteiger partial charge is 0.264 e. The molecule has 0 spiro atoms. The summed E-state index contributed by atoms with van der Waals surface area (Å²) in [6, 6.07) is 11.7. The molecule has 0 unspecified atom stereocenters. The summed E-state index contributed by atoms with van der Waals surface area (Å²) in [5.74, 6) is 1.04. The number of hydrogen-bond donors (Lipinski definition) is 1. The monoisotopic (exact) mass is 486 g/mol. The highest BCUT2D eigenvalue weighted by atomic mass is 79.9. The Kier molecular flexibility index (Phi) is 7.76. The fourth-order valence-electron chi connectivity index (χ4n) is 2.77. The second-order valence-electron chi connectivity index (χ2n) is 6.36. The van der Waals surface area contributed by atoms with Gasteiger partial charge in [-0.3, -0.25) is 4.79 Å². The van der Waals surface area contributed by atoms with Gasteiger partial charge in [-0.15, -0.1) is 0 Å². The summed E-state index contributed by atoms with van der Waals surface area (Å²) in [5, 5.41) is 3.38. The van der Waals surface area contributed by atoms with Crippen LogP contribution in [0.15, 0.2) is 63.4 Å². The maximum Gasteiger partial charge on any atom is 0.264 e. The average molecular weight is 487 g/mol. The number of halogens is 1. The molecule has 0 saturated carbocycles. The first-order valence-corrected chi connectivity index (χ1v) is 11.2. The van der Waals surface area contributed by atoms with Crippen molar-refractivity contribution < 1.29 is 14.3 Å². The molecule has 1 amide bonds. The summed E-state index contributed by atoms with van der Waals surface area (Å²) in [4.78, 5) is 17.5. The number of nitrogens with one attached hydrogen (secondary N) is 1. The highest BCUT2D eigenvalue weighted by Crippen LogP contribution is 2.38. The summed E-state index contributed by atoms with van der Waals surface area (Å²) in [5.41, 5.74) is 2.88. The first-order valence-electron chi connectivity index (χ1n) is 9.62. The summed E-state index contributed by atoms with van der Waals surface area (Å²) < 4.78 is 12.2. The van der Waals surface area contributed by atoms with Crippen LogP contribution in [0.5, 0.6) is 11.5 Å². The van der Waals surface area contributed by atoms with Crippen LogP contribution in [0.25, 0.3) is 6.08 Å². The molecular weight excluding hydrogens is 464 g/mol. The molecule has 2 aromatic rings. The molecule has 1 saturated heterocycles. The van der Waals surface area contributed by atoms with Gasteiger partial charge in [0.25, 0.3) is 5.91 Å². The lowest BCUT2D eigenvalue weighted by atomic mass is 10.2. The van der Waals surface area contributed by atoms with Crippen molar-refractivity contribution in [3.63, 3.8) is 0 Å². The number of amidine groups is 1. The van der Waals surface area contributed by atoms with Crippen LogP contribution in [0, 0.1) is 0 Å². The van der Waals surface area contributed by atoms with E-state index in [2.05, 4.69) is 39.7 Å². The van der Waals surface area contributed by atoms with Crippen molar-refractivity contribution in [3.05, 3.63) is 69.6 Å². The number of nitrogens with zero attached hydrogens (tertiary/aromatic N) is 1. The minimum atomic E-state index is -0.176. The largest absolute Gasteiger partial charge is 0.490 e. The van der Waals surface area contributed by atoms with Crippen molar-refractivity contribution in [1.82, 2.24) is 5.32 Å². The molecule has 0 atom stereocenters. The Morgan fingerprint density at radius 1 is 1.20 bits per heavy atom. The molecule has 0 aromatic heterocycles. The minimum absolute atomic E-state index is 0.176. The van der Waals surface area contributed by atoms with Gasteiger partial charge in [0.05, 0.1) is 21.7 Å². The zero-order chi connectivity index (χ0) is 21.5. The third-order valence-electron chi connectivity index (χ3n) is 4.20. The Morgan fingerprint density at radius 2 is 1.97 bits per heavy atom. The minimum Gasteiger partial charge on any atom is -0.490 e. The van der Waals surface area contributed by atoms with Crippen LogP contribution in [-0.4, -0.2) is 24.3 Å². The van der Waals surface area contributed by atoms with Crippen LogP contribution in [0.1, 0.15) is 25.0 Å². The molecule has 1 N–H and O–H groups in total. The van der Waals surface area contributed by atoms with Gasteiger partial charge in [-0.2, -0.15) is 0 Å². The molecule has 0 bridgehead atoms. The van der Waals surface area contributed by atoms with Gasteiger partial charge in [-0.1, -0.05) is 31.7 Å². The molecule has 1 heterocycles. The van der Waals surface area contributed by atoms with Gasteiger partial charge >= 0.3 is 0 Å². The Bertz CT molecular complexity index is 1000. The topological polar surface area (TPSA) is 59.9 Å². The van der Waals surface area contributed by atoms with Gasteiger partial charge in [0.2, 0.25) is 0 Å². The molecule has 1 aliphatic heterocycles. The van der Waals surface area contributed by atoms with Crippen LogP contribution >= 0.6 is 27.7 Å². The lowest BCUT2D eigenvalue weighted by molar-refractivity contribution is -0.115. The van der Waals surface area contributed by atoms with Crippen LogP contribution in [-0.2, 0) is 11.2 Å². The summed E-state index contributed by atoms with van der Waals surface area (Å²) >= 11 is 4.84. The second kappa shape index (κ2) is 10.5. The van der Waals surface area contributed by atoms with E-state index in [9.17, 15) is 4.79 Å². The number of carbonyl (C=O) groups is 1. The van der Waals surface area contributed by atoms with E-state index in [-0.39, 0.29) is 5.91 Å². The number of ether oxygens (including phenoxy) is 2. The Morgan fingerprint density at radius 3 is 2.63 bits per heavy atom. The van der Waals surface area contributed by atoms with E-state index in [0.29, 0.717) is 34.8 Å². The molecule has 0 radical (unpaired) electrons. The highest BCUT2D eigenvalue weighted by Gasteiger charge is 2.24. The first-order chi connectivity index (χ1) is 14.5. The number of amides is 1. The Labute approximate surface area is 189 Å². The quantitative estimate of drug-likeness (QED) is 0.374. The van der Waals surface area contributed by atoms with Gasteiger partial charge < -0.3 is 14.8 Å². The third-order valence-corrected chi connectivity index (χ3v) is 5.70. The van der Waals surface area contributed by atoms with Crippen LogP contribution in [0.3, 0.4) is 0 Å². The maximum atomic E-state index is 12.4. The highest BCUT2D eigenvalue weighted by molar-refractivity contribution is 9.10. The number of hydrogen-bond acceptors (Lipinski definition) is 5. The number of carbonyl (C=O) groups excluding carboxylic acids is 1. The summed E-state index contributed by atoms with van der Waals surface area (Å²) in [6.07, 6.45) is 4.47. The molecule has 1 fully saturated rings. The van der Waals surface area contributed by atoms with Crippen molar-refractivity contribution >= 4 is 50.5 Å². The molecule has 30 heavy (non-hydrogen) atoms. The van der Waals surface area contributed by atoms with Gasteiger partial charge in [-0.05, 0) is 82.5 Å². The molecule has 156 valence electrons. The second-order valence-corrected chi connectivity index (χ2v) is 8.25. The van der Waals surface area contributed by atoms with E-state index < -0.39 is 0 Å². The molecule has 5 nitrogen and oxygen atoms in total. The summed E-state index contributed by atoms with van der Waals surface area (Å²) in [7, 11) is 0. The van der Waals surface area contributed by atoms with Gasteiger partial charge in [0, 0.05) is 0 Å². The lowest BCUT2D eigenvalue weighted by Gasteiger charge is -2.13. The fourth-order valence-corrected chi connectivity index (χ4v) is 4.19. The average Bonchev–Trinajstić information content (AvgIpc) is 3.07. The van der Waals surface area contributed by atoms with Crippen molar-refractivity contribution in [2.45, 2.75) is 20.3 Å². The summed E-state index contributed by atoms with van der Waals surface area (Å²) in [6.45, 7) is 8.56. The zero-order valence-electron chi connectivity index (χ0n) is 16.9. The lowest BCUT2D eigenvalue weighted by Crippen LogP contribution is -2.19. The van der Waals surface area contributed by atoms with Crippen molar-refractivity contribution in [1.29, 1.82) is 0 Å². The molecule has 2 aromatic carbocycles. The van der Waals surface area contributed by atoms with Gasteiger partial charge in [0.1, 0.15) is 6.61 Å². The number of thioether (sulfide) groups is 1. The van der Waals surface area contributed by atoms with E-state index in [0.717, 1.165) is 22.1 Å². The Hall–Kier alpha value is -2.51. The molecule has 7 heteroatoms. The van der Waals surface area contributed by atoms with Crippen LogP contribution in [0.4, 0.5) is 5.69 Å². The van der Waals surface area contributed by atoms with Crippen molar-refractivity contribution in [2.24, 2.45) is 4.99 Å². The standard InChI is InChI=1S/C23H23BrN2O3S/c1-4-11-29-21-18(24)12-16(13-19(21)28-6-3)14-20-22(27)26-23(30-20)25-17-9-7-15(5-2)8-10-17/h4,7-10,12-14H,1,5-6,11H2,2-3H3,(H,25,26,27). The number of rotatable bonds is 8. The number of aliphatic imine (C=N–C) groups is 1. The molecular formula is C23H23BrN2O3S. The van der Waals surface area contributed by atoms with Gasteiger partial charge in [-0.25, -0.2) is 4.99 Å². The predicted octanol–water partition coefficient (Wildman–Crippen LogP) is 5.87. The fraction of sp³-hybridized carbons (Fsp3) is 0.217. The van der Waals surface area contributed by atoms with E-state index in [1.54, 1.807) is 6.08 Å². The van der Waals surface area contributed by atoms with E-state index in [1.165, 1.54) is 17.3 Å². The Balaban J connectivity index is 1.84. The molecule has 1 aliphatic rings. The predicted molar refractivity (Wildman–Crippen MR) is 128 cm³/mol.